The summed E-state index contributed by atoms with van der Waals surface area (Å²) < 4.78 is 4.91. The lowest BCUT2D eigenvalue weighted by atomic mass is 10.3. The Hall–Kier alpha value is -1.56. The van der Waals surface area contributed by atoms with Gasteiger partial charge in [0, 0.05) is 5.69 Å². The molecule has 0 N–H and O–H groups in total. The van der Waals surface area contributed by atoms with Gasteiger partial charge in [0.05, 0.1) is 7.11 Å². The average Bonchev–Trinajstić information content (AvgIpc) is 2.20. The Kier molecular flexibility index (Phi) is 5.29. The van der Waals surface area contributed by atoms with Crippen LogP contribution in [0.4, 0.5) is 0 Å². The molecule has 1 heterocycles. The topological polar surface area (TPSA) is 45.9 Å². The summed E-state index contributed by atoms with van der Waals surface area (Å²) in [6.45, 7) is 5.83. The quantitative estimate of drug-likeness (QED) is 0.662. The van der Waals surface area contributed by atoms with E-state index >= 15 is 0 Å². The Balaban J connectivity index is 0.000000671. The van der Waals surface area contributed by atoms with Crippen molar-refractivity contribution >= 4 is 0 Å². The van der Waals surface area contributed by atoms with Crippen LogP contribution < -0.4 is 4.74 Å². The van der Waals surface area contributed by atoms with Gasteiger partial charge in [-0.1, -0.05) is 13.8 Å². The largest absolute Gasteiger partial charge is 0.494 e. The van der Waals surface area contributed by atoms with Crippen molar-refractivity contribution in [2.24, 2.45) is 0 Å². The van der Waals surface area contributed by atoms with Gasteiger partial charge >= 0.3 is 0 Å². The van der Waals surface area contributed by atoms with Crippen molar-refractivity contribution in [3.05, 3.63) is 23.5 Å². The van der Waals surface area contributed by atoms with Crippen LogP contribution in [0.1, 0.15) is 25.2 Å². The molecule has 1 rings (SSSR count). The van der Waals surface area contributed by atoms with Crippen LogP contribution >= 0.6 is 0 Å². The van der Waals surface area contributed by atoms with Gasteiger partial charge in [0.15, 0.2) is 11.4 Å². The highest BCUT2D eigenvalue weighted by atomic mass is 16.5. The number of methoxy groups -OCH3 is 1. The van der Waals surface area contributed by atoms with E-state index in [0.717, 1.165) is 5.69 Å². The summed E-state index contributed by atoms with van der Waals surface area (Å²) in [7, 11) is 1.52. The molecule has 3 nitrogen and oxygen atoms in total. The predicted octanol–water partition coefficient (Wildman–Crippen LogP) is 2.30. The second kappa shape index (κ2) is 6.01. The molecule has 0 saturated carbocycles. The van der Waals surface area contributed by atoms with E-state index in [0.29, 0.717) is 11.4 Å². The lowest BCUT2D eigenvalue weighted by molar-refractivity contribution is 0.411. The van der Waals surface area contributed by atoms with Crippen LogP contribution in [0.5, 0.6) is 5.75 Å². The van der Waals surface area contributed by atoms with Crippen LogP contribution in [0.2, 0.25) is 0 Å². The number of pyridine rings is 1. The molecule has 0 radical (unpaired) electrons. The number of aromatic nitrogens is 1. The molecule has 1 aromatic rings. The molecular formula is C10H14N2O. The second-order valence-electron chi connectivity index (χ2n) is 2.12. The summed E-state index contributed by atoms with van der Waals surface area (Å²) in [5.41, 5.74) is 1.16. The zero-order valence-electron chi connectivity index (χ0n) is 8.46. The first-order chi connectivity index (χ1) is 6.27. The van der Waals surface area contributed by atoms with Crippen LogP contribution in [0.3, 0.4) is 0 Å². The Morgan fingerprint density at radius 1 is 1.38 bits per heavy atom. The van der Waals surface area contributed by atoms with Gasteiger partial charge in [-0.05, 0) is 19.1 Å². The number of hydrogen-bond acceptors (Lipinski definition) is 3. The summed E-state index contributed by atoms with van der Waals surface area (Å²) in [5.74, 6) is 0.526. The molecule has 0 aromatic carbocycles. The van der Waals surface area contributed by atoms with Gasteiger partial charge in [-0.25, -0.2) is 4.98 Å². The van der Waals surface area contributed by atoms with Crippen molar-refractivity contribution < 1.29 is 4.74 Å². The Labute approximate surface area is 79.0 Å². The molecular weight excluding hydrogens is 164 g/mol. The molecule has 3 heteroatoms. The standard InChI is InChI=1S/C8H8N2O.C2H6/c1-6-3-4-8(11-2)7(5-9)10-6;1-2/h3-4H,1-2H3;1-2H3. The van der Waals surface area contributed by atoms with Gasteiger partial charge in [0.1, 0.15) is 6.07 Å². The van der Waals surface area contributed by atoms with E-state index in [4.69, 9.17) is 10.00 Å². The minimum atomic E-state index is 0.340. The van der Waals surface area contributed by atoms with E-state index in [2.05, 4.69) is 4.98 Å². The summed E-state index contributed by atoms with van der Waals surface area (Å²) in [5, 5.41) is 8.58. The normalized spacial score (nSPS) is 7.92. The van der Waals surface area contributed by atoms with Crippen molar-refractivity contribution in [2.75, 3.05) is 7.11 Å². The van der Waals surface area contributed by atoms with Crippen molar-refractivity contribution in [3.63, 3.8) is 0 Å². The molecule has 0 fully saturated rings. The Bertz CT molecular complexity index is 302. The maximum Gasteiger partial charge on any atom is 0.182 e. The van der Waals surface area contributed by atoms with Crippen LogP contribution in [0.25, 0.3) is 0 Å². The minimum absolute atomic E-state index is 0.340. The summed E-state index contributed by atoms with van der Waals surface area (Å²) in [4.78, 5) is 3.98. The lowest BCUT2D eigenvalue weighted by Crippen LogP contribution is -1.92. The molecule has 0 atom stereocenters. The number of nitriles is 1. The smallest absolute Gasteiger partial charge is 0.182 e. The molecule has 1 aromatic heterocycles. The molecule has 0 amide bonds. The van der Waals surface area contributed by atoms with Crippen molar-refractivity contribution in [1.29, 1.82) is 5.26 Å². The summed E-state index contributed by atoms with van der Waals surface area (Å²) in [6.07, 6.45) is 0. The van der Waals surface area contributed by atoms with Crippen molar-refractivity contribution in [2.45, 2.75) is 20.8 Å². The first kappa shape index (κ1) is 11.4. The third-order valence-electron chi connectivity index (χ3n) is 1.32. The molecule has 70 valence electrons. The fourth-order valence-electron chi connectivity index (χ4n) is 0.789. The molecule has 0 spiro atoms. The third-order valence-corrected chi connectivity index (χ3v) is 1.32. The first-order valence-corrected chi connectivity index (χ1v) is 4.19. The molecule has 13 heavy (non-hydrogen) atoms. The van der Waals surface area contributed by atoms with E-state index in [-0.39, 0.29) is 0 Å². The number of aryl methyl sites for hydroxylation is 1. The van der Waals surface area contributed by atoms with Gasteiger partial charge in [0.2, 0.25) is 0 Å². The molecule has 0 aliphatic heterocycles. The summed E-state index contributed by atoms with van der Waals surface area (Å²) >= 11 is 0. The summed E-state index contributed by atoms with van der Waals surface area (Å²) in [6, 6.07) is 5.49. The highest BCUT2D eigenvalue weighted by molar-refractivity contribution is 5.37. The molecule has 0 unspecified atom stereocenters. The van der Waals surface area contributed by atoms with E-state index < -0.39 is 0 Å². The van der Waals surface area contributed by atoms with Crippen LogP contribution in [-0.4, -0.2) is 12.1 Å². The van der Waals surface area contributed by atoms with Gasteiger partial charge in [-0.15, -0.1) is 0 Å². The second-order valence-corrected chi connectivity index (χ2v) is 2.12. The Morgan fingerprint density at radius 2 is 2.00 bits per heavy atom. The zero-order chi connectivity index (χ0) is 10.3. The SMILES string of the molecule is CC.COc1ccc(C)nc1C#N. The Morgan fingerprint density at radius 3 is 2.46 bits per heavy atom. The van der Waals surface area contributed by atoms with Gasteiger partial charge in [0.25, 0.3) is 0 Å². The van der Waals surface area contributed by atoms with Crippen LogP contribution in [0, 0.1) is 18.3 Å². The molecule has 0 saturated heterocycles. The highest BCUT2D eigenvalue weighted by Gasteiger charge is 2.01. The fraction of sp³-hybridized carbons (Fsp3) is 0.400. The molecule has 0 bridgehead atoms. The van der Waals surface area contributed by atoms with Gasteiger partial charge in [-0.3, -0.25) is 0 Å². The van der Waals surface area contributed by atoms with E-state index in [1.54, 1.807) is 12.1 Å². The fourth-order valence-corrected chi connectivity index (χ4v) is 0.789. The number of hydrogen-bond donors (Lipinski definition) is 0. The number of rotatable bonds is 1. The maximum atomic E-state index is 8.58. The maximum absolute atomic E-state index is 8.58. The first-order valence-electron chi connectivity index (χ1n) is 4.19. The van der Waals surface area contributed by atoms with E-state index in [1.807, 2.05) is 26.8 Å². The minimum Gasteiger partial charge on any atom is -0.494 e. The van der Waals surface area contributed by atoms with Gasteiger partial charge < -0.3 is 4.74 Å². The number of ether oxygens (including phenoxy) is 1. The number of nitrogens with zero attached hydrogens (tertiary/aromatic N) is 2. The highest BCUT2D eigenvalue weighted by Crippen LogP contribution is 2.14. The van der Waals surface area contributed by atoms with Crippen LogP contribution in [-0.2, 0) is 0 Å². The van der Waals surface area contributed by atoms with E-state index in [9.17, 15) is 0 Å². The average molecular weight is 178 g/mol. The predicted molar refractivity (Wildman–Crippen MR) is 51.6 cm³/mol. The monoisotopic (exact) mass is 178 g/mol. The van der Waals surface area contributed by atoms with Crippen molar-refractivity contribution in [3.8, 4) is 11.8 Å². The molecule has 0 aliphatic carbocycles. The zero-order valence-corrected chi connectivity index (χ0v) is 8.46. The van der Waals surface area contributed by atoms with Gasteiger partial charge in [-0.2, -0.15) is 5.26 Å². The third kappa shape index (κ3) is 3.12. The van der Waals surface area contributed by atoms with Crippen molar-refractivity contribution in [1.82, 2.24) is 4.98 Å². The van der Waals surface area contributed by atoms with E-state index in [1.165, 1.54) is 7.11 Å². The van der Waals surface area contributed by atoms with Crippen LogP contribution in [0.15, 0.2) is 12.1 Å². The lowest BCUT2D eigenvalue weighted by Gasteiger charge is -2.00. The molecule has 0 aliphatic rings.